The highest BCUT2D eigenvalue weighted by Crippen LogP contribution is 2.15. The van der Waals surface area contributed by atoms with E-state index in [0.717, 1.165) is 32.3 Å². The zero-order valence-corrected chi connectivity index (χ0v) is 8.55. The first kappa shape index (κ1) is 10.7. The molecule has 1 heterocycles. The molecule has 0 radical (unpaired) electrons. The fourth-order valence-corrected chi connectivity index (χ4v) is 1.72. The van der Waals surface area contributed by atoms with Gasteiger partial charge in [-0.25, -0.2) is 0 Å². The van der Waals surface area contributed by atoms with Crippen LogP contribution in [0.2, 0.25) is 0 Å². The average Bonchev–Trinajstić information content (AvgIpc) is 2.65. The fraction of sp³-hybridized carbons (Fsp3) is 0.909. The molecule has 2 heteroatoms. The summed E-state index contributed by atoms with van der Waals surface area (Å²) < 4.78 is 5.32. The second-order valence-corrected chi connectivity index (χ2v) is 3.78. The Labute approximate surface area is 80.7 Å². The average molecular weight is 184 g/mol. The van der Waals surface area contributed by atoms with Crippen LogP contribution >= 0.6 is 0 Å². The van der Waals surface area contributed by atoms with Gasteiger partial charge in [-0.1, -0.05) is 26.2 Å². The van der Waals surface area contributed by atoms with E-state index in [-0.39, 0.29) is 6.10 Å². The molecule has 76 valence electrons. The van der Waals surface area contributed by atoms with Crippen molar-refractivity contribution in [1.82, 2.24) is 0 Å². The number of hydrogen-bond acceptors (Lipinski definition) is 2. The van der Waals surface area contributed by atoms with Crippen molar-refractivity contribution in [1.29, 1.82) is 0 Å². The van der Waals surface area contributed by atoms with E-state index >= 15 is 0 Å². The first-order valence-corrected chi connectivity index (χ1v) is 5.49. The summed E-state index contributed by atoms with van der Waals surface area (Å²) in [6.45, 7) is 2.97. The monoisotopic (exact) mass is 184 g/mol. The molecule has 0 bridgehead atoms. The second-order valence-electron chi connectivity index (χ2n) is 3.78. The Balaban J connectivity index is 2.03. The van der Waals surface area contributed by atoms with Gasteiger partial charge in [-0.15, -0.1) is 0 Å². The van der Waals surface area contributed by atoms with E-state index in [1.165, 1.54) is 19.3 Å². The third kappa shape index (κ3) is 3.90. The van der Waals surface area contributed by atoms with Crippen LogP contribution < -0.4 is 0 Å². The molecule has 0 N–H and O–H groups in total. The molecule has 0 amide bonds. The molecule has 1 fully saturated rings. The van der Waals surface area contributed by atoms with Gasteiger partial charge in [0.15, 0.2) is 5.78 Å². The molecular weight excluding hydrogens is 164 g/mol. The quantitative estimate of drug-likeness (QED) is 0.593. The standard InChI is InChI=1S/C11H20O2/c1-2-3-4-5-7-10(12)11-8-6-9-13-11/h11H,2-9H2,1H3. The van der Waals surface area contributed by atoms with E-state index in [0.29, 0.717) is 5.78 Å². The second kappa shape index (κ2) is 6.14. The molecule has 0 aromatic heterocycles. The third-order valence-corrected chi connectivity index (χ3v) is 2.57. The van der Waals surface area contributed by atoms with Crippen LogP contribution in [0.15, 0.2) is 0 Å². The van der Waals surface area contributed by atoms with Crippen molar-refractivity contribution in [2.75, 3.05) is 6.61 Å². The number of carbonyl (C=O) groups excluding carboxylic acids is 1. The largest absolute Gasteiger partial charge is 0.370 e. The highest BCUT2D eigenvalue weighted by Gasteiger charge is 2.22. The molecular formula is C11H20O2. The lowest BCUT2D eigenvalue weighted by Crippen LogP contribution is -2.18. The minimum atomic E-state index is -0.0540. The zero-order chi connectivity index (χ0) is 9.52. The number of carbonyl (C=O) groups is 1. The normalized spacial score (nSPS) is 22.1. The highest BCUT2D eigenvalue weighted by atomic mass is 16.5. The smallest absolute Gasteiger partial charge is 0.161 e. The number of unbranched alkanes of at least 4 members (excludes halogenated alkanes) is 3. The maximum atomic E-state index is 11.5. The predicted molar refractivity (Wildman–Crippen MR) is 52.7 cm³/mol. The Morgan fingerprint density at radius 3 is 2.85 bits per heavy atom. The fourth-order valence-electron chi connectivity index (χ4n) is 1.72. The molecule has 2 nitrogen and oxygen atoms in total. The van der Waals surface area contributed by atoms with Gasteiger partial charge in [-0.2, -0.15) is 0 Å². The topological polar surface area (TPSA) is 26.3 Å². The summed E-state index contributed by atoms with van der Waals surface area (Å²) >= 11 is 0. The maximum absolute atomic E-state index is 11.5. The van der Waals surface area contributed by atoms with Crippen molar-refractivity contribution in [2.45, 2.75) is 58.0 Å². The molecule has 1 rings (SSSR count). The minimum absolute atomic E-state index is 0.0540. The molecule has 0 saturated carbocycles. The van der Waals surface area contributed by atoms with Crippen LogP contribution in [0.4, 0.5) is 0 Å². The third-order valence-electron chi connectivity index (χ3n) is 2.57. The number of ether oxygens (including phenoxy) is 1. The van der Waals surface area contributed by atoms with Gasteiger partial charge < -0.3 is 4.74 Å². The van der Waals surface area contributed by atoms with E-state index < -0.39 is 0 Å². The molecule has 1 saturated heterocycles. The SMILES string of the molecule is CCCCCCC(=O)C1CCCO1. The number of ketones is 1. The van der Waals surface area contributed by atoms with Crippen molar-refractivity contribution in [2.24, 2.45) is 0 Å². The van der Waals surface area contributed by atoms with Crippen molar-refractivity contribution in [3.8, 4) is 0 Å². The van der Waals surface area contributed by atoms with Gasteiger partial charge >= 0.3 is 0 Å². The number of hydrogen-bond donors (Lipinski definition) is 0. The highest BCUT2D eigenvalue weighted by molar-refractivity contribution is 5.83. The first-order chi connectivity index (χ1) is 6.34. The van der Waals surface area contributed by atoms with Crippen LogP contribution in [0.1, 0.15) is 51.9 Å². The predicted octanol–water partition coefficient (Wildman–Crippen LogP) is 2.70. The van der Waals surface area contributed by atoms with Gasteiger partial charge in [0, 0.05) is 13.0 Å². The lowest BCUT2D eigenvalue weighted by molar-refractivity contribution is -0.127. The summed E-state index contributed by atoms with van der Waals surface area (Å²) in [5.41, 5.74) is 0. The van der Waals surface area contributed by atoms with E-state index in [1.54, 1.807) is 0 Å². The summed E-state index contributed by atoms with van der Waals surface area (Å²) in [6, 6.07) is 0. The molecule has 0 aromatic carbocycles. The van der Waals surface area contributed by atoms with Crippen LogP contribution in [0.3, 0.4) is 0 Å². The lowest BCUT2D eigenvalue weighted by Gasteiger charge is -2.07. The molecule has 1 aliphatic rings. The molecule has 13 heavy (non-hydrogen) atoms. The Morgan fingerprint density at radius 1 is 1.38 bits per heavy atom. The van der Waals surface area contributed by atoms with E-state index in [2.05, 4.69) is 6.92 Å². The van der Waals surface area contributed by atoms with Crippen LogP contribution in [0.5, 0.6) is 0 Å². The van der Waals surface area contributed by atoms with Crippen LogP contribution in [0.25, 0.3) is 0 Å². The van der Waals surface area contributed by atoms with Crippen LogP contribution in [0, 0.1) is 0 Å². The van der Waals surface area contributed by atoms with E-state index in [9.17, 15) is 4.79 Å². The van der Waals surface area contributed by atoms with Crippen molar-refractivity contribution < 1.29 is 9.53 Å². The van der Waals surface area contributed by atoms with E-state index in [4.69, 9.17) is 4.74 Å². The molecule has 1 unspecified atom stereocenters. The molecule has 1 atom stereocenters. The molecule has 0 aromatic rings. The summed E-state index contributed by atoms with van der Waals surface area (Å²) in [5.74, 6) is 0.327. The Bertz CT molecular complexity index is 148. The van der Waals surface area contributed by atoms with Gasteiger partial charge in [-0.05, 0) is 19.3 Å². The van der Waals surface area contributed by atoms with Gasteiger partial charge in [0.05, 0.1) is 0 Å². The van der Waals surface area contributed by atoms with Gasteiger partial charge in [0.25, 0.3) is 0 Å². The Kier molecular flexibility index (Phi) is 5.06. The Hall–Kier alpha value is -0.370. The molecule has 0 spiro atoms. The van der Waals surface area contributed by atoms with Gasteiger partial charge in [-0.3, -0.25) is 4.79 Å². The summed E-state index contributed by atoms with van der Waals surface area (Å²) in [4.78, 5) is 11.5. The summed E-state index contributed by atoms with van der Waals surface area (Å²) in [5, 5.41) is 0. The van der Waals surface area contributed by atoms with Crippen molar-refractivity contribution in [3.63, 3.8) is 0 Å². The summed E-state index contributed by atoms with van der Waals surface area (Å²) in [6.07, 6.45) is 7.40. The van der Waals surface area contributed by atoms with Crippen molar-refractivity contribution >= 4 is 5.78 Å². The number of Topliss-reactive ketones (excluding diaryl/α,β-unsaturated/α-hetero) is 1. The van der Waals surface area contributed by atoms with Crippen LogP contribution in [-0.4, -0.2) is 18.5 Å². The van der Waals surface area contributed by atoms with Crippen LogP contribution in [-0.2, 0) is 9.53 Å². The van der Waals surface area contributed by atoms with Gasteiger partial charge in [0.2, 0.25) is 0 Å². The number of rotatable bonds is 6. The maximum Gasteiger partial charge on any atom is 0.161 e. The summed E-state index contributed by atoms with van der Waals surface area (Å²) in [7, 11) is 0. The zero-order valence-electron chi connectivity index (χ0n) is 8.55. The molecule has 1 aliphatic heterocycles. The minimum Gasteiger partial charge on any atom is -0.370 e. The van der Waals surface area contributed by atoms with Gasteiger partial charge in [0.1, 0.15) is 6.10 Å². The first-order valence-electron chi connectivity index (χ1n) is 5.49. The Morgan fingerprint density at radius 2 is 2.23 bits per heavy atom. The van der Waals surface area contributed by atoms with Crippen molar-refractivity contribution in [3.05, 3.63) is 0 Å². The lowest BCUT2D eigenvalue weighted by atomic mass is 10.1. The molecule has 0 aliphatic carbocycles. The van der Waals surface area contributed by atoms with E-state index in [1.807, 2.05) is 0 Å².